The van der Waals surface area contributed by atoms with Crippen LogP contribution in [0.4, 0.5) is 10.5 Å². The highest BCUT2D eigenvalue weighted by molar-refractivity contribution is 9.10. The molecular formula is C13H15BrN2O4. The molecule has 0 aliphatic carbocycles. The van der Waals surface area contributed by atoms with Gasteiger partial charge in [0.05, 0.1) is 11.3 Å². The largest absolute Gasteiger partial charge is 0.478 e. The van der Waals surface area contributed by atoms with E-state index < -0.39 is 5.97 Å². The summed E-state index contributed by atoms with van der Waals surface area (Å²) in [5.41, 5.74) is 0.687. The topological polar surface area (TPSA) is 87.7 Å². The SMILES string of the molecule is O=C(Nc1ccc(C(=O)O)cc1Br)NC1CCOCC1. The van der Waals surface area contributed by atoms with Crippen molar-refractivity contribution < 1.29 is 19.4 Å². The van der Waals surface area contributed by atoms with Gasteiger partial charge in [-0.2, -0.15) is 0 Å². The third-order valence-electron chi connectivity index (χ3n) is 3.02. The van der Waals surface area contributed by atoms with Crippen molar-refractivity contribution in [3.8, 4) is 0 Å². The van der Waals surface area contributed by atoms with E-state index in [1.165, 1.54) is 12.1 Å². The molecular weight excluding hydrogens is 328 g/mol. The Balaban J connectivity index is 1.95. The Kier molecular flexibility index (Phi) is 4.97. The zero-order valence-electron chi connectivity index (χ0n) is 10.7. The molecule has 3 N–H and O–H groups in total. The van der Waals surface area contributed by atoms with Crippen LogP contribution in [0.1, 0.15) is 23.2 Å². The number of hydrogen-bond acceptors (Lipinski definition) is 3. The lowest BCUT2D eigenvalue weighted by molar-refractivity contribution is 0.0696. The monoisotopic (exact) mass is 342 g/mol. The molecule has 6 nitrogen and oxygen atoms in total. The van der Waals surface area contributed by atoms with Crippen LogP contribution in [0.3, 0.4) is 0 Å². The maximum atomic E-state index is 11.9. The minimum Gasteiger partial charge on any atom is -0.478 e. The first kappa shape index (κ1) is 14.8. The Labute approximate surface area is 124 Å². The number of benzene rings is 1. The van der Waals surface area contributed by atoms with Crippen molar-refractivity contribution in [1.29, 1.82) is 0 Å². The summed E-state index contributed by atoms with van der Waals surface area (Å²) in [4.78, 5) is 22.7. The molecule has 0 atom stereocenters. The average molecular weight is 343 g/mol. The lowest BCUT2D eigenvalue weighted by Crippen LogP contribution is -2.41. The van der Waals surface area contributed by atoms with Crippen LogP contribution in [0.2, 0.25) is 0 Å². The fourth-order valence-electron chi connectivity index (χ4n) is 1.94. The lowest BCUT2D eigenvalue weighted by atomic mass is 10.1. The van der Waals surface area contributed by atoms with Gasteiger partial charge in [0, 0.05) is 23.7 Å². The second kappa shape index (κ2) is 6.71. The normalized spacial score (nSPS) is 15.7. The number of rotatable bonds is 3. The minimum absolute atomic E-state index is 0.112. The summed E-state index contributed by atoms with van der Waals surface area (Å²) in [5.74, 6) is -1.01. The van der Waals surface area contributed by atoms with Crippen LogP contribution in [0.15, 0.2) is 22.7 Å². The third kappa shape index (κ3) is 3.94. The van der Waals surface area contributed by atoms with E-state index >= 15 is 0 Å². The van der Waals surface area contributed by atoms with Crippen LogP contribution in [0.5, 0.6) is 0 Å². The van der Waals surface area contributed by atoms with Gasteiger partial charge >= 0.3 is 12.0 Å². The summed E-state index contributed by atoms with van der Waals surface area (Å²) in [6, 6.07) is 4.25. The van der Waals surface area contributed by atoms with E-state index in [-0.39, 0.29) is 17.6 Å². The van der Waals surface area contributed by atoms with Crippen LogP contribution in [0, 0.1) is 0 Å². The number of ether oxygens (including phenoxy) is 1. The number of aromatic carboxylic acids is 1. The zero-order valence-corrected chi connectivity index (χ0v) is 12.3. The van der Waals surface area contributed by atoms with E-state index in [2.05, 4.69) is 26.6 Å². The van der Waals surface area contributed by atoms with Crippen LogP contribution in [0.25, 0.3) is 0 Å². The van der Waals surface area contributed by atoms with Gasteiger partial charge in [-0.15, -0.1) is 0 Å². The molecule has 1 aromatic rings. The third-order valence-corrected chi connectivity index (χ3v) is 3.68. The number of halogens is 1. The van der Waals surface area contributed by atoms with Crippen molar-refractivity contribution in [3.05, 3.63) is 28.2 Å². The van der Waals surface area contributed by atoms with Crippen molar-refractivity contribution in [2.45, 2.75) is 18.9 Å². The minimum atomic E-state index is -1.01. The quantitative estimate of drug-likeness (QED) is 0.787. The number of urea groups is 1. The van der Waals surface area contributed by atoms with E-state index in [1.807, 2.05) is 0 Å². The second-order valence-electron chi connectivity index (χ2n) is 4.48. The molecule has 1 fully saturated rings. The fraction of sp³-hybridized carbons (Fsp3) is 0.385. The Morgan fingerprint density at radius 2 is 2.00 bits per heavy atom. The number of carboxylic acid groups (broad SMARTS) is 1. The summed E-state index contributed by atoms with van der Waals surface area (Å²) in [5, 5.41) is 14.4. The first-order valence-corrected chi connectivity index (χ1v) is 7.03. The van der Waals surface area contributed by atoms with Gasteiger partial charge in [-0.25, -0.2) is 9.59 Å². The first-order valence-electron chi connectivity index (χ1n) is 6.24. The molecule has 0 unspecified atom stereocenters. The molecule has 0 spiro atoms. The summed E-state index contributed by atoms with van der Waals surface area (Å²) in [6.07, 6.45) is 1.60. The van der Waals surface area contributed by atoms with Gasteiger partial charge in [-0.1, -0.05) is 0 Å². The smallest absolute Gasteiger partial charge is 0.335 e. The molecule has 1 aliphatic rings. The summed E-state index contributed by atoms with van der Waals surface area (Å²) in [6.45, 7) is 1.31. The predicted molar refractivity (Wildman–Crippen MR) is 77.1 cm³/mol. The van der Waals surface area contributed by atoms with Crippen molar-refractivity contribution in [2.24, 2.45) is 0 Å². The molecule has 2 amide bonds. The maximum Gasteiger partial charge on any atom is 0.335 e. The Hall–Kier alpha value is -1.60. The van der Waals surface area contributed by atoms with E-state index in [0.717, 1.165) is 12.8 Å². The molecule has 0 aromatic heterocycles. The number of carbonyl (C=O) groups is 2. The highest BCUT2D eigenvalue weighted by atomic mass is 79.9. The van der Waals surface area contributed by atoms with Crippen LogP contribution in [-0.4, -0.2) is 36.4 Å². The number of hydrogen-bond donors (Lipinski definition) is 3. The van der Waals surface area contributed by atoms with E-state index in [0.29, 0.717) is 23.4 Å². The predicted octanol–water partition coefficient (Wildman–Crippen LogP) is 2.45. The average Bonchev–Trinajstić information content (AvgIpc) is 2.42. The maximum absolute atomic E-state index is 11.9. The Bertz CT molecular complexity index is 515. The van der Waals surface area contributed by atoms with Crippen LogP contribution >= 0.6 is 15.9 Å². The Morgan fingerprint density at radius 1 is 1.30 bits per heavy atom. The highest BCUT2D eigenvalue weighted by Crippen LogP contribution is 2.23. The first-order chi connectivity index (χ1) is 9.56. The van der Waals surface area contributed by atoms with Gasteiger partial charge in [0.25, 0.3) is 0 Å². The number of nitrogens with one attached hydrogen (secondary N) is 2. The second-order valence-corrected chi connectivity index (χ2v) is 5.34. The van der Waals surface area contributed by atoms with E-state index in [9.17, 15) is 9.59 Å². The van der Waals surface area contributed by atoms with Gasteiger partial charge in [0.1, 0.15) is 0 Å². The van der Waals surface area contributed by atoms with Gasteiger partial charge in [-0.05, 0) is 47.0 Å². The van der Waals surface area contributed by atoms with Crippen LogP contribution in [-0.2, 0) is 4.74 Å². The zero-order chi connectivity index (χ0) is 14.5. The number of anilines is 1. The van der Waals surface area contributed by atoms with Crippen molar-refractivity contribution >= 4 is 33.6 Å². The summed E-state index contributed by atoms with van der Waals surface area (Å²) >= 11 is 3.24. The molecule has 1 heterocycles. The molecule has 0 saturated carbocycles. The number of carboxylic acids is 1. The molecule has 2 rings (SSSR count). The molecule has 1 aliphatic heterocycles. The molecule has 20 heavy (non-hydrogen) atoms. The van der Waals surface area contributed by atoms with Crippen molar-refractivity contribution in [1.82, 2.24) is 5.32 Å². The van der Waals surface area contributed by atoms with Gasteiger partial charge in [0.15, 0.2) is 0 Å². The number of amides is 2. The van der Waals surface area contributed by atoms with Gasteiger partial charge in [-0.3, -0.25) is 0 Å². The molecule has 0 bridgehead atoms. The molecule has 0 radical (unpaired) electrons. The molecule has 1 saturated heterocycles. The standard InChI is InChI=1S/C13H15BrN2O4/c14-10-7-8(12(17)18)1-2-11(10)16-13(19)15-9-3-5-20-6-4-9/h1-2,7,9H,3-6H2,(H,17,18)(H2,15,16,19). The van der Waals surface area contributed by atoms with Crippen molar-refractivity contribution in [2.75, 3.05) is 18.5 Å². The van der Waals surface area contributed by atoms with E-state index in [4.69, 9.17) is 9.84 Å². The molecule has 7 heteroatoms. The highest BCUT2D eigenvalue weighted by Gasteiger charge is 2.16. The van der Waals surface area contributed by atoms with Crippen LogP contribution < -0.4 is 10.6 Å². The molecule has 1 aromatic carbocycles. The lowest BCUT2D eigenvalue weighted by Gasteiger charge is -2.23. The van der Waals surface area contributed by atoms with Gasteiger partial charge in [0.2, 0.25) is 0 Å². The number of carbonyl (C=O) groups excluding carboxylic acids is 1. The van der Waals surface area contributed by atoms with E-state index in [1.54, 1.807) is 6.07 Å². The molecule has 108 valence electrons. The van der Waals surface area contributed by atoms with Crippen molar-refractivity contribution in [3.63, 3.8) is 0 Å². The Morgan fingerprint density at radius 3 is 2.60 bits per heavy atom. The summed E-state index contributed by atoms with van der Waals surface area (Å²) < 4.78 is 5.75. The fourth-order valence-corrected chi connectivity index (χ4v) is 2.41. The van der Waals surface area contributed by atoms with Gasteiger partial charge < -0.3 is 20.5 Å². The summed E-state index contributed by atoms with van der Waals surface area (Å²) in [7, 11) is 0.